The van der Waals surface area contributed by atoms with Gasteiger partial charge in [-0.25, -0.2) is 12.8 Å². The second-order valence-electron chi connectivity index (χ2n) is 7.68. The number of benzene rings is 2. The fraction of sp³-hybridized carbons (Fsp3) is 0.400. The van der Waals surface area contributed by atoms with Crippen molar-refractivity contribution in [1.82, 2.24) is 4.90 Å². The molecule has 30 heavy (non-hydrogen) atoms. The molecule has 0 bridgehead atoms. The van der Waals surface area contributed by atoms with Crippen LogP contribution in [0.15, 0.2) is 41.3 Å². The zero-order valence-electron chi connectivity index (χ0n) is 17.1. The van der Waals surface area contributed by atoms with Gasteiger partial charge in [-0.05, 0) is 51.2 Å². The molecule has 0 spiro atoms. The third-order valence-corrected chi connectivity index (χ3v) is 6.47. The van der Waals surface area contributed by atoms with Crippen LogP contribution in [-0.2, 0) is 9.84 Å². The molecule has 3 rings (SSSR count). The number of hydrogen-bond donors (Lipinski definition) is 1. The maximum absolute atomic E-state index is 14.8. The maximum Gasteiger partial charge on any atom is 0.270 e. The molecule has 1 fully saturated rings. The van der Waals surface area contributed by atoms with E-state index in [1.807, 2.05) is 19.0 Å². The number of non-ortho nitro benzene ring substituents is 1. The normalized spacial score (nSPS) is 15.4. The first-order valence-electron chi connectivity index (χ1n) is 9.52. The number of hydrogen-bond acceptors (Lipinski definition) is 7. The molecule has 0 atom stereocenters. The predicted molar refractivity (Wildman–Crippen MR) is 115 cm³/mol. The molecule has 2 aromatic rings. The van der Waals surface area contributed by atoms with Gasteiger partial charge in [-0.2, -0.15) is 0 Å². The van der Waals surface area contributed by atoms with Crippen molar-refractivity contribution < 1.29 is 17.7 Å². The highest BCUT2D eigenvalue weighted by atomic mass is 32.2. The van der Waals surface area contributed by atoms with E-state index in [-0.39, 0.29) is 16.3 Å². The van der Waals surface area contributed by atoms with Gasteiger partial charge in [0.1, 0.15) is 5.82 Å². The standard InChI is InChI=1S/C20H25FN4O4S/c1-23(2)15-8-10-24(11-9-15)19-7-4-14(12-17(19)21)22-18-6-5-16(25(26)27)13-20(18)30(3,28)29/h4-7,12-13,15,22H,8-11H2,1-3H3. The second-order valence-corrected chi connectivity index (χ2v) is 9.67. The molecule has 10 heteroatoms. The van der Waals surface area contributed by atoms with Crippen LogP contribution in [0, 0.1) is 15.9 Å². The lowest BCUT2D eigenvalue weighted by molar-refractivity contribution is -0.385. The SMILES string of the molecule is CN(C)C1CCN(c2ccc(Nc3ccc([N+](=O)[O-])cc3S(C)(=O)=O)cc2F)CC1. The van der Waals surface area contributed by atoms with Crippen LogP contribution in [0.4, 0.5) is 27.1 Å². The number of piperidine rings is 1. The van der Waals surface area contributed by atoms with Gasteiger partial charge in [0, 0.05) is 43.2 Å². The Bertz CT molecular complexity index is 1050. The summed E-state index contributed by atoms with van der Waals surface area (Å²) in [5.74, 6) is -0.411. The van der Waals surface area contributed by atoms with E-state index >= 15 is 0 Å². The number of halogens is 1. The Hall–Kier alpha value is -2.72. The Labute approximate surface area is 175 Å². The van der Waals surface area contributed by atoms with Gasteiger partial charge in [0.25, 0.3) is 5.69 Å². The Morgan fingerprint density at radius 2 is 1.83 bits per heavy atom. The van der Waals surface area contributed by atoms with Crippen LogP contribution >= 0.6 is 0 Å². The maximum atomic E-state index is 14.8. The number of nitro benzene ring substituents is 1. The lowest BCUT2D eigenvalue weighted by Gasteiger charge is -2.36. The molecule has 0 aliphatic carbocycles. The molecule has 1 N–H and O–H groups in total. The van der Waals surface area contributed by atoms with Crippen LogP contribution < -0.4 is 10.2 Å². The topological polar surface area (TPSA) is 95.8 Å². The summed E-state index contributed by atoms with van der Waals surface area (Å²) in [6.07, 6.45) is 2.87. The summed E-state index contributed by atoms with van der Waals surface area (Å²) in [6, 6.07) is 8.64. The quantitative estimate of drug-likeness (QED) is 0.548. The molecule has 1 heterocycles. The number of nitro groups is 1. The summed E-state index contributed by atoms with van der Waals surface area (Å²) >= 11 is 0. The molecule has 8 nitrogen and oxygen atoms in total. The largest absolute Gasteiger partial charge is 0.369 e. The van der Waals surface area contributed by atoms with Crippen LogP contribution in [0.3, 0.4) is 0 Å². The zero-order valence-corrected chi connectivity index (χ0v) is 17.9. The first-order valence-corrected chi connectivity index (χ1v) is 11.4. The van der Waals surface area contributed by atoms with Gasteiger partial charge in [0.15, 0.2) is 9.84 Å². The minimum atomic E-state index is -3.73. The molecule has 1 saturated heterocycles. The lowest BCUT2D eigenvalue weighted by Crippen LogP contribution is -2.42. The van der Waals surface area contributed by atoms with Crippen molar-refractivity contribution in [1.29, 1.82) is 0 Å². The average molecular weight is 437 g/mol. The van der Waals surface area contributed by atoms with Crippen LogP contribution in [0.25, 0.3) is 0 Å². The molecule has 0 radical (unpaired) electrons. The second kappa shape index (κ2) is 8.57. The van der Waals surface area contributed by atoms with Gasteiger partial charge in [-0.3, -0.25) is 10.1 Å². The van der Waals surface area contributed by atoms with Crippen molar-refractivity contribution in [2.75, 3.05) is 43.7 Å². The van der Waals surface area contributed by atoms with E-state index < -0.39 is 20.6 Å². The molecular weight excluding hydrogens is 411 g/mol. The average Bonchev–Trinajstić information content (AvgIpc) is 2.67. The van der Waals surface area contributed by atoms with E-state index in [0.717, 1.165) is 38.3 Å². The van der Waals surface area contributed by atoms with Crippen LogP contribution in [-0.4, -0.2) is 57.7 Å². The molecule has 1 aliphatic heterocycles. The number of nitrogens with zero attached hydrogens (tertiary/aromatic N) is 3. The summed E-state index contributed by atoms with van der Waals surface area (Å²) in [6.45, 7) is 1.51. The summed E-state index contributed by atoms with van der Waals surface area (Å²) in [5.41, 5.74) is 0.689. The van der Waals surface area contributed by atoms with Gasteiger partial charge in [-0.15, -0.1) is 0 Å². The van der Waals surface area contributed by atoms with Crippen LogP contribution in [0.5, 0.6) is 0 Å². The number of anilines is 3. The Kier molecular flexibility index (Phi) is 6.27. The van der Waals surface area contributed by atoms with Crippen LogP contribution in [0.2, 0.25) is 0 Å². The minimum absolute atomic E-state index is 0.155. The molecule has 1 aliphatic rings. The summed E-state index contributed by atoms with van der Waals surface area (Å²) in [7, 11) is 0.362. The summed E-state index contributed by atoms with van der Waals surface area (Å²) < 4.78 is 38.9. The predicted octanol–water partition coefficient (Wildman–Crippen LogP) is 3.41. The summed E-state index contributed by atoms with van der Waals surface area (Å²) in [5, 5.41) is 13.8. The fourth-order valence-corrected chi connectivity index (χ4v) is 4.51. The molecule has 0 saturated carbocycles. The zero-order chi connectivity index (χ0) is 22.1. The molecule has 0 unspecified atom stereocenters. The third kappa shape index (κ3) is 4.88. The fourth-order valence-electron chi connectivity index (χ4n) is 3.65. The first kappa shape index (κ1) is 22.0. The number of nitrogens with one attached hydrogen (secondary N) is 1. The van der Waals surface area contributed by atoms with E-state index in [1.54, 1.807) is 12.1 Å². The van der Waals surface area contributed by atoms with Gasteiger partial charge >= 0.3 is 0 Å². The van der Waals surface area contributed by atoms with Gasteiger partial charge < -0.3 is 15.1 Å². The number of rotatable bonds is 6. The van der Waals surface area contributed by atoms with E-state index in [4.69, 9.17) is 0 Å². The Morgan fingerprint density at radius 3 is 2.37 bits per heavy atom. The molecule has 0 amide bonds. The highest BCUT2D eigenvalue weighted by Crippen LogP contribution is 2.31. The molecule has 2 aromatic carbocycles. The van der Waals surface area contributed by atoms with E-state index in [2.05, 4.69) is 10.2 Å². The molecular formula is C20H25FN4O4S. The van der Waals surface area contributed by atoms with E-state index in [1.165, 1.54) is 18.2 Å². The minimum Gasteiger partial charge on any atom is -0.369 e. The molecule has 162 valence electrons. The van der Waals surface area contributed by atoms with Gasteiger partial charge in [-0.1, -0.05) is 0 Å². The van der Waals surface area contributed by atoms with Crippen molar-refractivity contribution >= 4 is 32.6 Å². The highest BCUT2D eigenvalue weighted by molar-refractivity contribution is 7.90. The van der Waals surface area contributed by atoms with Gasteiger partial charge in [0.2, 0.25) is 0 Å². The van der Waals surface area contributed by atoms with Crippen molar-refractivity contribution in [3.05, 3.63) is 52.3 Å². The first-order chi connectivity index (χ1) is 14.1. The van der Waals surface area contributed by atoms with Crippen molar-refractivity contribution in [3.63, 3.8) is 0 Å². The van der Waals surface area contributed by atoms with Crippen molar-refractivity contribution in [2.45, 2.75) is 23.8 Å². The smallest absolute Gasteiger partial charge is 0.270 e. The Balaban J connectivity index is 1.82. The van der Waals surface area contributed by atoms with Crippen molar-refractivity contribution in [3.8, 4) is 0 Å². The molecule has 0 aromatic heterocycles. The van der Waals surface area contributed by atoms with Gasteiger partial charge in [0.05, 0.1) is 21.2 Å². The van der Waals surface area contributed by atoms with E-state index in [0.29, 0.717) is 17.4 Å². The van der Waals surface area contributed by atoms with Crippen molar-refractivity contribution in [2.24, 2.45) is 0 Å². The van der Waals surface area contributed by atoms with Crippen LogP contribution in [0.1, 0.15) is 12.8 Å². The number of sulfone groups is 1. The highest BCUT2D eigenvalue weighted by Gasteiger charge is 2.23. The monoisotopic (exact) mass is 436 g/mol. The lowest BCUT2D eigenvalue weighted by atomic mass is 10.0. The van der Waals surface area contributed by atoms with E-state index in [9.17, 15) is 22.9 Å². The third-order valence-electron chi connectivity index (χ3n) is 5.34. The Morgan fingerprint density at radius 1 is 1.17 bits per heavy atom. The summed E-state index contributed by atoms with van der Waals surface area (Å²) in [4.78, 5) is 14.3.